The molecule has 0 radical (unpaired) electrons. The fourth-order valence-corrected chi connectivity index (χ4v) is 4.25. The molecule has 1 fully saturated rings. The van der Waals surface area contributed by atoms with Crippen molar-refractivity contribution in [1.29, 1.82) is 5.26 Å². The maximum Gasteiger partial charge on any atom is 0.224 e. The van der Waals surface area contributed by atoms with Gasteiger partial charge in [0, 0.05) is 23.7 Å². The van der Waals surface area contributed by atoms with Crippen molar-refractivity contribution in [3.05, 3.63) is 71.9 Å². The molecular formula is C24H23N3O. The Bertz CT molecular complexity index is 1010. The van der Waals surface area contributed by atoms with E-state index in [1.165, 1.54) is 10.9 Å². The molecule has 1 saturated carbocycles. The maximum atomic E-state index is 12.4. The molecule has 140 valence electrons. The highest BCUT2D eigenvalue weighted by Crippen LogP contribution is 2.39. The average molecular weight is 369 g/mol. The molecule has 2 aromatic carbocycles. The summed E-state index contributed by atoms with van der Waals surface area (Å²) in [5, 5.41) is 13.1. The largest absolute Gasteiger partial charge is 0.326 e. The van der Waals surface area contributed by atoms with Gasteiger partial charge in [-0.2, -0.15) is 5.26 Å². The summed E-state index contributed by atoms with van der Waals surface area (Å²) in [6.45, 7) is 0. The van der Waals surface area contributed by atoms with Crippen molar-refractivity contribution in [1.82, 2.24) is 4.98 Å². The van der Waals surface area contributed by atoms with Crippen molar-refractivity contribution in [2.75, 3.05) is 5.32 Å². The third kappa shape index (κ3) is 4.04. The average Bonchev–Trinajstić information content (AvgIpc) is 2.74. The van der Waals surface area contributed by atoms with E-state index in [0.29, 0.717) is 23.8 Å². The highest BCUT2D eigenvalue weighted by molar-refractivity contribution is 5.90. The number of rotatable bonds is 4. The molecule has 1 amide bonds. The molecule has 1 heterocycles. The number of nitrogens with zero attached hydrogens (tertiary/aromatic N) is 2. The number of para-hydroxylation sites is 1. The van der Waals surface area contributed by atoms with E-state index in [9.17, 15) is 4.79 Å². The van der Waals surface area contributed by atoms with Gasteiger partial charge in [-0.3, -0.25) is 9.78 Å². The van der Waals surface area contributed by atoms with Gasteiger partial charge in [-0.25, -0.2) is 0 Å². The van der Waals surface area contributed by atoms with Crippen LogP contribution in [0.25, 0.3) is 10.9 Å². The number of hydrogen-bond donors (Lipinski definition) is 1. The van der Waals surface area contributed by atoms with Crippen LogP contribution in [0.1, 0.15) is 49.1 Å². The number of hydrogen-bond acceptors (Lipinski definition) is 3. The van der Waals surface area contributed by atoms with E-state index in [2.05, 4.69) is 40.6 Å². The first-order valence-electron chi connectivity index (χ1n) is 9.86. The Kier molecular flexibility index (Phi) is 5.34. The predicted molar refractivity (Wildman–Crippen MR) is 111 cm³/mol. The standard InChI is InChI=1S/C24H23N3O/c25-16-18-7-11-20(12-8-18)27-24(28)15-17-5-9-19(10-6-17)21-13-14-26-23-4-2-1-3-22(21)23/h1-4,7-8,11-14,17,19H,5-6,9-10,15H2,(H,27,28). The summed E-state index contributed by atoms with van der Waals surface area (Å²) in [5.74, 6) is 1.04. The van der Waals surface area contributed by atoms with Crippen LogP contribution in [0.5, 0.6) is 0 Å². The van der Waals surface area contributed by atoms with Crippen molar-refractivity contribution in [2.24, 2.45) is 5.92 Å². The molecule has 1 N–H and O–H groups in total. The lowest BCUT2D eigenvalue weighted by atomic mass is 9.77. The van der Waals surface area contributed by atoms with Crippen LogP contribution in [0.3, 0.4) is 0 Å². The summed E-state index contributed by atoms with van der Waals surface area (Å²) >= 11 is 0. The molecule has 28 heavy (non-hydrogen) atoms. The van der Waals surface area contributed by atoms with Crippen LogP contribution in [0.2, 0.25) is 0 Å². The van der Waals surface area contributed by atoms with Crippen LogP contribution in [-0.4, -0.2) is 10.9 Å². The van der Waals surface area contributed by atoms with Gasteiger partial charge >= 0.3 is 0 Å². The van der Waals surface area contributed by atoms with Crippen molar-refractivity contribution in [2.45, 2.75) is 38.0 Å². The third-order valence-electron chi connectivity index (χ3n) is 5.74. The zero-order valence-electron chi connectivity index (χ0n) is 15.8. The quantitative estimate of drug-likeness (QED) is 0.669. The molecule has 0 spiro atoms. The van der Waals surface area contributed by atoms with Gasteiger partial charge in [-0.1, -0.05) is 18.2 Å². The Labute approximate surface area is 165 Å². The van der Waals surface area contributed by atoms with Crippen LogP contribution in [0.15, 0.2) is 60.8 Å². The minimum Gasteiger partial charge on any atom is -0.326 e. The second-order valence-corrected chi connectivity index (χ2v) is 7.58. The first-order valence-corrected chi connectivity index (χ1v) is 9.86. The van der Waals surface area contributed by atoms with Crippen LogP contribution < -0.4 is 5.32 Å². The minimum atomic E-state index is 0.0579. The fraction of sp³-hybridized carbons (Fsp3) is 0.292. The number of nitrogens with one attached hydrogen (secondary N) is 1. The van der Waals surface area contributed by atoms with Crippen molar-refractivity contribution in [3.8, 4) is 6.07 Å². The molecule has 4 nitrogen and oxygen atoms in total. The molecule has 4 rings (SSSR count). The smallest absolute Gasteiger partial charge is 0.224 e. The Morgan fingerprint density at radius 3 is 2.54 bits per heavy atom. The summed E-state index contributed by atoms with van der Waals surface area (Å²) in [4.78, 5) is 16.8. The first-order chi connectivity index (χ1) is 13.7. The molecule has 1 aliphatic carbocycles. The Balaban J connectivity index is 1.33. The Hall–Kier alpha value is -3.19. The van der Waals surface area contributed by atoms with Gasteiger partial charge in [-0.15, -0.1) is 0 Å². The monoisotopic (exact) mass is 369 g/mol. The maximum absolute atomic E-state index is 12.4. The van der Waals surface area contributed by atoms with Gasteiger partial charge in [0.25, 0.3) is 0 Å². The molecule has 0 atom stereocenters. The van der Waals surface area contributed by atoms with E-state index in [-0.39, 0.29) is 5.91 Å². The van der Waals surface area contributed by atoms with E-state index in [4.69, 9.17) is 5.26 Å². The van der Waals surface area contributed by atoms with Crippen LogP contribution in [0, 0.1) is 17.2 Å². The molecular weight excluding hydrogens is 346 g/mol. The molecule has 4 heteroatoms. The number of carbonyl (C=O) groups excluding carboxylic acids is 1. The van der Waals surface area contributed by atoms with E-state index < -0.39 is 0 Å². The SMILES string of the molecule is N#Cc1ccc(NC(=O)CC2CCC(c3ccnc4ccccc34)CC2)cc1. The number of benzene rings is 2. The van der Waals surface area contributed by atoms with Crippen LogP contribution in [0.4, 0.5) is 5.69 Å². The van der Waals surface area contributed by atoms with Gasteiger partial charge in [0.2, 0.25) is 5.91 Å². The lowest BCUT2D eigenvalue weighted by Gasteiger charge is -2.29. The number of amides is 1. The molecule has 3 aromatic rings. The molecule has 0 unspecified atom stereocenters. The van der Waals surface area contributed by atoms with Crippen molar-refractivity contribution < 1.29 is 4.79 Å². The van der Waals surface area contributed by atoms with Crippen molar-refractivity contribution >= 4 is 22.5 Å². The third-order valence-corrected chi connectivity index (χ3v) is 5.74. The van der Waals surface area contributed by atoms with Crippen LogP contribution >= 0.6 is 0 Å². The number of aromatic nitrogens is 1. The van der Waals surface area contributed by atoms with Crippen molar-refractivity contribution in [3.63, 3.8) is 0 Å². The van der Waals surface area contributed by atoms with Crippen LogP contribution in [-0.2, 0) is 4.79 Å². The van der Waals surface area contributed by atoms with E-state index in [0.717, 1.165) is 36.9 Å². The summed E-state index contributed by atoms with van der Waals surface area (Å²) in [5.41, 5.74) is 3.80. The highest BCUT2D eigenvalue weighted by atomic mass is 16.1. The minimum absolute atomic E-state index is 0.0579. The van der Waals surface area contributed by atoms with Gasteiger partial charge in [-0.05, 0) is 79.5 Å². The van der Waals surface area contributed by atoms with E-state index in [1.54, 1.807) is 24.3 Å². The van der Waals surface area contributed by atoms with Gasteiger partial charge in [0.05, 0.1) is 17.1 Å². The lowest BCUT2D eigenvalue weighted by molar-refractivity contribution is -0.117. The number of nitriles is 1. The van der Waals surface area contributed by atoms with Gasteiger partial charge in [0.1, 0.15) is 0 Å². The molecule has 0 aliphatic heterocycles. The topological polar surface area (TPSA) is 65.8 Å². The van der Waals surface area contributed by atoms with E-state index in [1.807, 2.05) is 12.3 Å². The summed E-state index contributed by atoms with van der Waals surface area (Å²) in [6, 6.07) is 19.6. The summed E-state index contributed by atoms with van der Waals surface area (Å²) in [7, 11) is 0. The molecule has 0 bridgehead atoms. The summed E-state index contributed by atoms with van der Waals surface area (Å²) in [6.07, 6.45) is 6.84. The van der Waals surface area contributed by atoms with E-state index >= 15 is 0 Å². The second kappa shape index (κ2) is 8.22. The highest BCUT2D eigenvalue weighted by Gasteiger charge is 2.25. The molecule has 1 aliphatic rings. The summed E-state index contributed by atoms with van der Waals surface area (Å²) < 4.78 is 0. The normalized spacial score (nSPS) is 19.1. The predicted octanol–water partition coefficient (Wildman–Crippen LogP) is 5.41. The number of pyridine rings is 1. The first kappa shape index (κ1) is 18.2. The Morgan fingerprint density at radius 2 is 1.79 bits per heavy atom. The number of anilines is 1. The zero-order chi connectivity index (χ0) is 19.3. The Morgan fingerprint density at radius 1 is 1.04 bits per heavy atom. The lowest BCUT2D eigenvalue weighted by Crippen LogP contribution is -2.20. The molecule has 0 saturated heterocycles. The number of fused-ring (bicyclic) bond motifs is 1. The second-order valence-electron chi connectivity index (χ2n) is 7.58. The fourth-order valence-electron chi connectivity index (χ4n) is 4.25. The van der Waals surface area contributed by atoms with Gasteiger partial charge in [0.15, 0.2) is 0 Å². The zero-order valence-corrected chi connectivity index (χ0v) is 15.8. The van der Waals surface area contributed by atoms with Gasteiger partial charge < -0.3 is 5.32 Å². The number of carbonyl (C=O) groups is 1. The molecule has 1 aromatic heterocycles.